The van der Waals surface area contributed by atoms with Crippen LogP contribution in [0.3, 0.4) is 0 Å². The van der Waals surface area contributed by atoms with Gasteiger partial charge in [0, 0.05) is 24.2 Å². The van der Waals surface area contributed by atoms with E-state index in [2.05, 4.69) is 13.0 Å². The van der Waals surface area contributed by atoms with Crippen LogP contribution in [0.25, 0.3) is 0 Å². The number of hydrogen-bond acceptors (Lipinski definition) is 3. The van der Waals surface area contributed by atoms with E-state index in [1.807, 2.05) is 0 Å². The molecular formula is C27H38O3. The van der Waals surface area contributed by atoms with Crippen LogP contribution in [-0.2, 0) is 14.4 Å². The second kappa shape index (κ2) is 8.02. The van der Waals surface area contributed by atoms with Gasteiger partial charge < -0.3 is 0 Å². The summed E-state index contributed by atoms with van der Waals surface area (Å²) in [5.74, 6) is 2.12. The highest BCUT2D eigenvalue weighted by Gasteiger charge is 2.58. The summed E-state index contributed by atoms with van der Waals surface area (Å²) in [6, 6.07) is 0. The monoisotopic (exact) mass is 410 g/mol. The first-order valence-corrected chi connectivity index (χ1v) is 12.8. The molecule has 3 saturated carbocycles. The summed E-state index contributed by atoms with van der Waals surface area (Å²) in [6.45, 7) is 2.19. The van der Waals surface area contributed by atoms with Crippen LogP contribution in [0, 0.1) is 40.9 Å². The van der Waals surface area contributed by atoms with Crippen molar-refractivity contribution in [3.05, 3.63) is 11.6 Å². The Bertz CT molecular complexity index is 762. The van der Waals surface area contributed by atoms with Gasteiger partial charge in [-0.3, -0.25) is 14.4 Å². The van der Waals surface area contributed by atoms with Crippen LogP contribution in [0.2, 0.25) is 0 Å². The second-order valence-electron chi connectivity index (χ2n) is 11.4. The number of allylic oxidation sites excluding steroid dienone is 2. The average Bonchev–Trinajstić information content (AvgIpc) is 3.19. The molecule has 3 nitrogen and oxygen atoms in total. The molecule has 30 heavy (non-hydrogen) atoms. The minimum absolute atomic E-state index is 0.0536. The van der Waals surface area contributed by atoms with Crippen LogP contribution in [0.5, 0.6) is 0 Å². The molecule has 0 amide bonds. The Balaban J connectivity index is 1.13. The third-order valence-electron chi connectivity index (χ3n) is 9.63. The minimum atomic E-state index is -0.391. The fraction of sp³-hybridized carbons (Fsp3) is 0.815. The van der Waals surface area contributed by atoms with E-state index in [4.69, 9.17) is 0 Å². The van der Waals surface area contributed by atoms with E-state index in [0.717, 1.165) is 44.4 Å². The molecule has 7 unspecified atom stereocenters. The third-order valence-corrected chi connectivity index (χ3v) is 9.63. The Labute approximate surface area is 181 Å². The highest BCUT2D eigenvalue weighted by molar-refractivity contribution is 6.12. The van der Waals surface area contributed by atoms with Crippen molar-refractivity contribution in [3.8, 4) is 0 Å². The largest absolute Gasteiger partial charge is 0.299 e. The normalized spacial score (nSPS) is 42.6. The van der Waals surface area contributed by atoms with Crippen molar-refractivity contribution < 1.29 is 14.4 Å². The van der Waals surface area contributed by atoms with Crippen molar-refractivity contribution in [2.75, 3.05) is 0 Å². The van der Waals surface area contributed by atoms with Crippen molar-refractivity contribution in [2.45, 2.75) is 96.8 Å². The van der Waals surface area contributed by atoms with E-state index in [-0.39, 0.29) is 28.8 Å². The van der Waals surface area contributed by atoms with Crippen molar-refractivity contribution in [2.24, 2.45) is 40.9 Å². The maximum atomic E-state index is 13.2. The minimum Gasteiger partial charge on any atom is -0.299 e. The third kappa shape index (κ3) is 3.45. The molecule has 164 valence electrons. The molecule has 5 aliphatic rings. The number of ketones is 3. The summed E-state index contributed by atoms with van der Waals surface area (Å²) in [5.41, 5.74) is 1.33. The highest BCUT2D eigenvalue weighted by Crippen LogP contribution is 2.57. The summed E-state index contributed by atoms with van der Waals surface area (Å²) in [4.78, 5) is 39.2. The fourth-order valence-electron chi connectivity index (χ4n) is 8.17. The summed E-state index contributed by atoms with van der Waals surface area (Å²) in [6.07, 6.45) is 17.1. The number of carbonyl (C=O) groups excluding carboxylic acids is 3. The quantitative estimate of drug-likeness (QED) is 0.313. The molecule has 0 aromatic carbocycles. The van der Waals surface area contributed by atoms with Gasteiger partial charge in [0.15, 0.2) is 0 Å². The number of rotatable bonds is 6. The molecule has 0 radical (unpaired) electrons. The Kier molecular flexibility index (Phi) is 5.52. The first kappa shape index (κ1) is 20.6. The zero-order valence-electron chi connectivity index (χ0n) is 18.7. The number of unbranched alkanes of at least 4 members (excludes halogenated alkanes) is 1. The van der Waals surface area contributed by atoms with Crippen LogP contribution in [0.4, 0.5) is 0 Å². The van der Waals surface area contributed by atoms with Crippen LogP contribution >= 0.6 is 0 Å². The van der Waals surface area contributed by atoms with E-state index in [0.29, 0.717) is 30.5 Å². The molecule has 7 atom stereocenters. The first-order chi connectivity index (χ1) is 14.5. The van der Waals surface area contributed by atoms with Gasteiger partial charge in [-0.25, -0.2) is 0 Å². The molecular weight excluding hydrogens is 372 g/mol. The van der Waals surface area contributed by atoms with Crippen molar-refractivity contribution in [3.63, 3.8) is 0 Å². The predicted octanol–water partition coefficient (Wildman–Crippen LogP) is 5.85. The molecule has 0 heterocycles. The number of hydrogen-bond donors (Lipinski definition) is 0. The van der Waals surface area contributed by atoms with Gasteiger partial charge in [0.05, 0.1) is 5.92 Å². The van der Waals surface area contributed by atoms with E-state index < -0.39 is 5.92 Å². The summed E-state index contributed by atoms with van der Waals surface area (Å²) >= 11 is 0. The van der Waals surface area contributed by atoms with Gasteiger partial charge in [-0.1, -0.05) is 57.1 Å². The van der Waals surface area contributed by atoms with Gasteiger partial charge in [-0.15, -0.1) is 0 Å². The maximum Gasteiger partial charge on any atom is 0.148 e. The van der Waals surface area contributed by atoms with Gasteiger partial charge >= 0.3 is 0 Å². The Morgan fingerprint density at radius 3 is 2.70 bits per heavy atom. The van der Waals surface area contributed by atoms with E-state index in [1.165, 1.54) is 44.1 Å². The number of Topliss-reactive ketones (excluding diaryl/α,β-unsaturated/α-hetero) is 3. The Morgan fingerprint density at radius 2 is 1.83 bits per heavy atom. The predicted molar refractivity (Wildman–Crippen MR) is 117 cm³/mol. The SMILES string of the molecule is CC12C=C(CC1)CC1C(=O)C(CCCCC(=O)C3CCCC4CCCCC43)C(=O)C12. The maximum absolute atomic E-state index is 13.2. The molecule has 2 bridgehead atoms. The molecule has 0 aliphatic heterocycles. The molecule has 3 heteroatoms. The average molecular weight is 411 g/mol. The van der Waals surface area contributed by atoms with Crippen molar-refractivity contribution in [1.29, 1.82) is 0 Å². The van der Waals surface area contributed by atoms with Crippen molar-refractivity contribution >= 4 is 17.3 Å². The molecule has 0 saturated heterocycles. The second-order valence-corrected chi connectivity index (χ2v) is 11.4. The van der Waals surface area contributed by atoms with Crippen LogP contribution in [-0.4, -0.2) is 17.3 Å². The van der Waals surface area contributed by atoms with Gasteiger partial charge in [-0.05, 0) is 62.2 Å². The van der Waals surface area contributed by atoms with Crippen LogP contribution < -0.4 is 0 Å². The molecule has 0 N–H and O–H groups in total. The lowest BCUT2D eigenvalue weighted by molar-refractivity contribution is -0.129. The zero-order valence-corrected chi connectivity index (χ0v) is 18.7. The van der Waals surface area contributed by atoms with Crippen LogP contribution in [0.15, 0.2) is 11.6 Å². The molecule has 3 fully saturated rings. The van der Waals surface area contributed by atoms with Gasteiger partial charge in [0.1, 0.15) is 17.3 Å². The molecule has 0 aromatic heterocycles. The molecule has 5 aliphatic carbocycles. The molecule has 5 rings (SSSR count). The zero-order chi connectivity index (χ0) is 20.9. The highest BCUT2D eigenvalue weighted by atomic mass is 16.2. The first-order valence-electron chi connectivity index (χ1n) is 12.8. The fourth-order valence-corrected chi connectivity index (χ4v) is 8.17. The summed E-state index contributed by atoms with van der Waals surface area (Å²) in [7, 11) is 0. The lowest BCUT2D eigenvalue weighted by Crippen LogP contribution is -2.35. The van der Waals surface area contributed by atoms with Gasteiger partial charge in [-0.2, -0.15) is 0 Å². The van der Waals surface area contributed by atoms with E-state index in [1.54, 1.807) is 0 Å². The molecule has 0 spiro atoms. The van der Waals surface area contributed by atoms with E-state index >= 15 is 0 Å². The smallest absolute Gasteiger partial charge is 0.148 e. The van der Waals surface area contributed by atoms with Gasteiger partial charge in [0.25, 0.3) is 0 Å². The van der Waals surface area contributed by atoms with Crippen LogP contribution in [0.1, 0.15) is 96.8 Å². The Morgan fingerprint density at radius 1 is 1.03 bits per heavy atom. The van der Waals surface area contributed by atoms with Gasteiger partial charge in [0.2, 0.25) is 0 Å². The lowest BCUT2D eigenvalue weighted by Gasteiger charge is -2.40. The number of carbonyl (C=O) groups is 3. The summed E-state index contributed by atoms with van der Waals surface area (Å²) in [5, 5.41) is 0. The van der Waals surface area contributed by atoms with E-state index in [9.17, 15) is 14.4 Å². The standard InChI is InChI=1S/C27H38O3/c1-27-14-13-17(16-27)15-22-24(27)26(30)21(25(22)29)10-4-5-12-23(28)20-11-6-8-18-7-2-3-9-19(18)20/h16,18-22,24H,2-15H2,1H3. The lowest BCUT2D eigenvalue weighted by atomic mass is 9.64. The molecule has 0 aromatic rings. The van der Waals surface area contributed by atoms with Crippen molar-refractivity contribution in [1.82, 2.24) is 0 Å². The summed E-state index contributed by atoms with van der Waals surface area (Å²) < 4.78 is 0. The Hall–Kier alpha value is -1.25. The topological polar surface area (TPSA) is 51.2 Å². The number of fused-ring (bicyclic) bond motifs is 4.